The molecule has 0 unspecified atom stereocenters. The van der Waals surface area contributed by atoms with E-state index in [0.717, 1.165) is 5.69 Å². The number of hydrogen-bond acceptors (Lipinski definition) is 3. The largest absolute Gasteiger partial charge is 0.488 e. The van der Waals surface area contributed by atoms with Crippen LogP contribution in [0.4, 0.5) is 0 Å². The van der Waals surface area contributed by atoms with Gasteiger partial charge in [0.05, 0.1) is 13.0 Å². The molecule has 2 rings (SSSR count). The minimum Gasteiger partial charge on any atom is -0.488 e. The summed E-state index contributed by atoms with van der Waals surface area (Å²) in [5.74, 6) is 0.569. The highest BCUT2D eigenvalue weighted by molar-refractivity contribution is 5.35. The Hall–Kier alpha value is -1.09. The summed E-state index contributed by atoms with van der Waals surface area (Å²) in [5, 5.41) is 0. The molecule has 64 valence electrons. The fourth-order valence-electron chi connectivity index (χ4n) is 1.47. The van der Waals surface area contributed by atoms with Gasteiger partial charge < -0.3 is 10.5 Å². The van der Waals surface area contributed by atoms with Gasteiger partial charge in [0, 0.05) is 12.7 Å². The van der Waals surface area contributed by atoms with Crippen LogP contribution in [0.5, 0.6) is 5.75 Å². The third-order valence-electron chi connectivity index (χ3n) is 2.13. The molecule has 0 bridgehead atoms. The molecular formula is C9H12N2O. The average Bonchev–Trinajstić information content (AvgIpc) is 2.33. The lowest BCUT2D eigenvalue weighted by Gasteiger charge is -2.10. The molecule has 0 saturated heterocycles. The topological polar surface area (TPSA) is 48.1 Å². The van der Waals surface area contributed by atoms with E-state index in [-0.39, 0.29) is 5.92 Å². The Labute approximate surface area is 73.0 Å². The number of hydrogen-bond donors (Lipinski definition) is 1. The lowest BCUT2D eigenvalue weighted by atomic mass is 10.0. The summed E-state index contributed by atoms with van der Waals surface area (Å²) >= 11 is 0. The van der Waals surface area contributed by atoms with E-state index < -0.39 is 6.08 Å². The van der Waals surface area contributed by atoms with Crippen molar-refractivity contribution in [3.8, 4) is 5.75 Å². The van der Waals surface area contributed by atoms with Gasteiger partial charge in [-0.1, -0.05) is 0 Å². The number of nitrogens with zero attached hydrogens (tertiary/aromatic N) is 1. The van der Waals surface area contributed by atoms with Crippen molar-refractivity contribution in [3.63, 3.8) is 0 Å². The Balaban J connectivity index is 2.46. The molecule has 0 amide bonds. The first-order valence-corrected chi connectivity index (χ1v) is 3.99. The van der Waals surface area contributed by atoms with Crippen LogP contribution in [0, 0.1) is 0 Å². The van der Waals surface area contributed by atoms with Crippen molar-refractivity contribution < 1.29 is 6.11 Å². The van der Waals surface area contributed by atoms with Crippen LogP contribution in [0.15, 0.2) is 18.3 Å². The zero-order valence-corrected chi connectivity index (χ0v) is 6.95. The Morgan fingerprint density at radius 3 is 3.42 bits per heavy atom. The van der Waals surface area contributed by atoms with Crippen molar-refractivity contribution >= 4 is 0 Å². The van der Waals surface area contributed by atoms with Crippen molar-refractivity contribution in [3.05, 3.63) is 24.0 Å². The van der Waals surface area contributed by atoms with E-state index in [2.05, 4.69) is 4.98 Å². The lowest BCUT2D eigenvalue weighted by Crippen LogP contribution is -2.22. The van der Waals surface area contributed by atoms with Gasteiger partial charge in [-0.15, -0.1) is 0 Å². The van der Waals surface area contributed by atoms with Crippen molar-refractivity contribution in [2.45, 2.75) is 18.9 Å². The molecule has 0 fully saturated rings. The molecule has 12 heavy (non-hydrogen) atoms. The van der Waals surface area contributed by atoms with E-state index in [0.29, 0.717) is 12.3 Å². The molecule has 2 atom stereocenters. The van der Waals surface area contributed by atoms with Crippen LogP contribution in [-0.2, 0) is 0 Å². The number of fused-ring (bicyclic) bond motifs is 1. The molecule has 1 aliphatic heterocycles. The predicted octanol–water partition coefficient (Wildman–Crippen LogP) is 0.905. The predicted molar refractivity (Wildman–Crippen MR) is 46.1 cm³/mol. The van der Waals surface area contributed by atoms with Crippen LogP contribution in [0.1, 0.15) is 19.9 Å². The number of nitrogens with two attached hydrogens (primary N) is 1. The summed E-state index contributed by atoms with van der Waals surface area (Å²) in [4.78, 5) is 4.18. The van der Waals surface area contributed by atoms with Gasteiger partial charge in [-0.25, -0.2) is 0 Å². The van der Waals surface area contributed by atoms with Crippen LogP contribution in [-0.4, -0.2) is 17.6 Å². The van der Waals surface area contributed by atoms with Gasteiger partial charge in [-0.2, -0.15) is 0 Å². The summed E-state index contributed by atoms with van der Waals surface area (Å²) in [6.45, 7) is 2.11. The third kappa shape index (κ3) is 0.975. The number of ether oxygens (including phenoxy) is 1. The molecule has 3 nitrogen and oxygen atoms in total. The van der Waals surface area contributed by atoms with Crippen LogP contribution < -0.4 is 10.5 Å². The summed E-state index contributed by atoms with van der Waals surface area (Å²) in [6, 6.07) is 3.62. The molecule has 1 aromatic rings. The number of aromatic nitrogens is 1. The quantitative estimate of drug-likeness (QED) is 0.672. The highest BCUT2D eigenvalue weighted by Crippen LogP contribution is 2.35. The minimum absolute atomic E-state index is 0.122. The average molecular weight is 165 g/mol. The summed E-state index contributed by atoms with van der Waals surface area (Å²) in [7, 11) is 0. The second-order valence-corrected chi connectivity index (χ2v) is 2.89. The van der Waals surface area contributed by atoms with Gasteiger partial charge in [0.2, 0.25) is 0 Å². The second-order valence-electron chi connectivity index (χ2n) is 2.89. The van der Waals surface area contributed by atoms with Crippen LogP contribution in [0.3, 0.4) is 0 Å². The van der Waals surface area contributed by atoms with Gasteiger partial charge >= 0.3 is 0 Å². The maximum absolute atomic E-state index is 7.89. The second kappa shape index (κ2) is 2.75. The van der Waals surface area contributed by atoms with Gasteiger partial charge in [-0.05, 0) is 19.1 Å². The molecule has 2 heterocycles. The Bertz CT molecular complexity index is 327. The van der Waals surface area contributed by atoms with Gasteiger partial charge in [0.1, 0.15) is 11.8 Å². The van der Waals surface area contributed by atoms with Crippen molar-refractivity contribution in [2.75, 3.05) is 6.54 Å². The number of pyridine rings is 1. The highest BCUT2D eigenvalue weighted by atomic mass is 16.5. The van der Waals surface area contributed by atoms with E-state index in [9.17, 15) is 0 Å². The first kappa shape index (κ1) is 6.43. The Morgan fingerprint density at radius 2 is 2.67 bits per heavy atom. The first-order valence-electron chi connectivity index (χ1n) is 4.49. The molecule has 0 spiro atoms. The van der Waals surface area contributed by atoms with Crippen LogP contribution >= 0.6 is 0 Å². The van der Waals surface area contributed by atoms with Crippen molar-refractivity contribution in [1.82, 2.24) is 4.98 Å². The molecule has 1 aromatic heterocycles. The Kier molecular flexibility index (Phi) is 1.47. The molecule has 1 aliphatic rings. The third-order valence-corrected chi connectivity index (χ3v) is 2.13. The van der Waals surface area contributed by atoms with Crippen LogP contribution in [0.2, 0.25) is 0 Å². The molecular weight excluding hydrogens is 152 g/mol. The fourth-order valence-corrected chi connectivity index (χ4v) is 1.47. The number of rotatable bonds is 1. The fraction of sp³-hybridized carbons (Fsp3) is 0.444. The van der Waals surface area contributed by atoms with Crippen LogP contribution in [0.25, 0.3) is 0 Å². The Morgan fingerprint density at radius 1 is 1.83 bits per heavy atom. The standard InChI is InChI=1S/C9H12N2O/c1-6-7(5-10)9-8(12-6)3-2-4-11-9/h2-4,6-7H,5,10H2,1H3/t6-,7-/m0/s1/i6D. The SMILES string of the molecule is [2H][C@@]1(C)Oc2cccnc2[C@H]1CN. The summed E-state index contributed by atoms with van der Waals surface area (Å²) in [6.07, 6.45) is 0.734. The van der Waals surface area contributed by atoms with Gasteiger partial charge in [0.25, 0.3) is 0 Å². The maximum Gasteiger partial charge on any atom is 0.141 e. The van der Waals surface area contributed by atoms with E-state index in [1.54, 1.807) is 19.2 Å². The highest BCUT2D eigenvalue weighted by Gasteiger charge is 2.30. The smallest absolute Gasteiger partial charge is 0.141 e. The molecule has 2 N–H and O–H groups in total. The molecule has 0 aromatic carbocycles. The van der Waals surface area contributed by atoms with E-state index >= 15 is 0 Å². The first-order chi connectivity index (χ1) is 6.15. The minimum atomic E-state index is -0.967. The normalized spacial score (nSPS) is 33.8. The monoisotopic (exact) mass is 165 g/mol. The van der Waals surface area contributed by atoms with Gasteiger partial charge in [0.15, 0.2) is 0 Å². The van der Waals surface area contributed by atoms with E-state index in [1.165, 1.54) is 0 Å². The molecule has 0 saturated carbocycles. The zero-order chi connectivity index (χ0) is 9.47. The van der Waals surface area contributed by atoms with Crippen molar-refractivity contribution in [2.24, 2.45) is 5.73 Å². The van der Waals surface area contributed by atoms with Gasteiger partial charge in [-0.3, -0.25) is 4.98 Å². The molecule has 0 radical (unpaired) electrons. The zero-order valence-electron chi connectivity index (χ0n) is 7.95. The summed E-state index contributed by atoms with van der Waals surface area (Å²) in [5.41, 5.74) is 6.39. The lowest BCUT2D eigenvalue weighted by molar-refractivity contribution is 0.228. The summed E-state index contributed by atoms with van der Waals surface area (Å²) < 4.78 is 13.3. The van der Waals surface area contributed by atoms with E-state index in [1.807, 2.05) is 6.07 Å². The molecule has 3 heteroatoms. The maximum atomic E-state index is 7.89. The molecule has 0 aliphatic carbocycles. The van der Waals surface area contributed by atoms with E-state index in [4.69, 9.17) is 11.8 Å². The van der Waals surface area contributed by atoms with Crippen molar-refractivity contribution in [1.29, 1.82) is 0 Å².